The van der Waals surface area contributed by atoms with Crippen molar-refractivity contribution in [2.45, 2.75) is 32.4 Å². The molecule has 0 radical (unpaired) electrons. The van der Waals surface area contributed by atoms with Crippen LogP contribution in [0.3, 0.4) is 0 Å². The van der Waals surface area contributed by atoms with Gasteiger partial charge in [-0.15, -0.1) is 0 Å². The zero-order chi connectivity index (χ0) is 24.0. The van der Waals surface area contributed by atoms with E-state index in [0.29, 0.717) is 45.0 Å². The van der Waals surface area contributed by atoms with Gasteiger partial charge in [0.2, 0.25) is 0 Å². The third kappa shape index (κ3) is 3.85. The number of fused-ring (bicyclic) bond motifs is 1. The molecule has 5 nitrogen and oxygen atoms in total. The largest absolute Gasteiger partial charge is 0.507 e. The molecule has 2 heterocycles. The first-order chi connectivity index (χ1) is 16.3. The van der Waals surface area contributed by atoms with Gasteiger partial charge in [-0.25, -0.2) is 0 Å². The Balaban J connectivity index is 1.67. The Kier molecular flexibility index (Phi) is 5.84. The van der Waals surface area contributed by atoms with E-state index >= 15 is 0 Å². The van der Waals surface area contributed by atoms with E-state index in [-0.39, 0.29) is 11.7 Å². The van der Waals surface area contributed by atoms with Crippen LogP contribution in [0, 0.1) is 0 Å². The van der Waals surface area contributed by atoms with Gasteiger partial charge < -0.3 is 10.0 Å². The van der Waals surface area contributed by atoms with Gasteiger partial charge in [0.15, 0.2) is 0 Å². The number of hydrogen-bond donors (Lipinski definition) is 2. The number of nitrogens with zero attached hydrogens (tertiary/aromatic N) is 2. The fourth-order valence-corrected chi connectivity index (χ4v) is 4.85. The molecule has 172 valence electrons. The molecule has 4 aromatic rings. The SMILES string of the molecule is CC(C)c1ccc(C2c3c(-c4cc(Cl)ccc4O)n[nH]c3C(=O)N2Cc2ccccc2Cl)cc1. The number of H-pyrrole nitrogens is 1. The Morgan fingerprint density at radius 3 is 2.50 bits per heavy atom. The van der Waals surface area contributed by atoms with Crippen molar-refractivity contribution in [2.24, 2.45) is 0 Å². The minimum absolute atomic E-state index is 0.0459. The lowest BCUT2D eigenvalue weighted by atomic mass is 9.93. The molecule has 34 heavy (non-hydrogen) atoms. The number of phenolic OH excluding ortho intramolecular Hbond substituents is 1. The lowest BCUT2D eigenvalue weighted by Gasteiger charge is -2.27. The van der Waals surface area contributed by atoms with Crippen LogP contribution in [0.4, 0.5) is 0 Å². The van der Waals surface area contributed by atoms with Crippen LogP contribution in [-0.4, -0.2) is 26.1 Å². The maximum Gasteiger partial charge on any atom is 0.273 e. The van der Waals surface area contributed by atoms with Crippen molar-refractivity contribution in [3.63, 3.8) is 0 Å². The molecule has 0 aliphatic carbocycles. The van der Waals surface area contributed by atoms with Crippen LogP contribution in [0.15, 0.2) is 66.7 Å². The molecule has 2 N–H and O–H groups in total. The lowest BCUT2D eigenvalue weighted by Crippen LogP contribution is -2.29. The molecule has 7 heteroatoms. The maximum atomic E-state index is 13.6. The summed E-state index contributed by atoms with van der Waals surface area (Å²) in [5, 5.41) is 19.0. The number of rotatable bonds is 5. The average Bonchev–Trinajstić information content (AvgIpc) is 3.36. The number of aromatic nitrogens is 2. The summed E-state index contributed by atoms with van der Waals surface area (Å²) in [7, 11) is 0. The minimum atomic E-state index is -0.410. The Labute approximate surface area is 208 Å². The third-order valence-electron chi connectivity index (χ3n) is 6.29. The van der Waals surface area contributed by atoms with Crippen molar-refractivity contribution < 1.29 is 9.90 Å². The van der Waals surface area contributed by atoms with Gasteiger partial charge in [-0.1, -0.05) is 79.5 Å². The zero-order valence-corrected chi connectivity index (χ0v) is 20.2. The lowest BCUT2D eigenvalue weighted by molar-refractivity contribution is 0.0730. The number of carbonyl (C=O) groups excluding carboxylic acids is 1. The molecule has 0 bridgehead atoms. The highest BCUT2D eigenvalue weighted by Gasteiger charge is 2.42. The van der Waals surface area contributed by atoms with Crippen molar-refractivity contribution in [3.05, 3.63) is 105 Å². The van der Waals surface area contributed by atoms with E-state index in [1.807, 2.05) is 24.3 Å². The molecule has 1 aliphatic heterocycles. The standard InChI is InChI=1S/C27H23Cl2N3O2/c1-15(2)16-7-9-17(10-8-16)26-23-24(20-13-19(28)11-12-22(20)33)30-31-25(23)27(34)32(26)14-18-5-3-4-6-21(18)29/h3-13,15,26,33H,14H2,1-2H3,(H,30,31). The number of nitrogens with one attached hydrogen (secondary N) is 1. The second-order valence-corrected chi connectivity index (χ2v) is 9.61. The van der Waals surface area contributed by atoms with Gasteiger partial charge in [-0.05, 0) is 46.9 Å². The second-order valence-electron chi connectivity index (χ2n) is 8.77. The van der Waals surface area contributed by atoms with Gasteiger partial charge in [0, 0.05) is 27.7 Å². The van der Waals surface area contributed by atoms with Crippen LogP contribution >= 0.6 is 23.2 Å². The summed E-state index contributed by atoms with van der Waals surface area (Å²) in [5.41, 5.74) is 5.11. The van der Waals surface area contributed by atoms with Gasteiger partial charge in [0.05, 0.1) is 6.04 Å². The predicted molar refractivity (Wildman–Crippen MR) is 134 cm³/mol. The molecular formula is C27H23Cl2N3O2. The second kappa shape index (κ2) is 8.82. The van der Waals surface area contributed by atoms with E-state index in [1.165, 1.54) is 11.6 Å². The highest BCUT2D eigenvalue weighted by molar-refractivity contribution is 6.31. The topological polar surface area (TPSA) is 69.2 Å². The molecule has 1 amide bonds. The number of hydrogen-bond acceptors (Lipinski definition) is 3. The predicted octanol–water partition coefficient (Wildman–Crippen LogP) is 6.96. The van der Waals surface area contributed by atoms with Crippen molar-refractivity contribution >= 4 is 29.1 Å². The van der Waals surface area contributed by atoms with Crippen LogP contribution in [0.2, 0.25) is 10.0 Å². The number of carbonyl (C=O) groups is 1. The number of phenols is 1. The first-order valence-electron chi connectivity index (χ1n) is 11.1. The Morgan fingerprint density at radius 1 is 1.06 bits per heavy atom. The normalized spacial score (nSPS) is 15.3. The Hall–Kier alpha value is -3.28. The fraction of sp³-hybridized carbons (Fsp3) is 0.185. The van der Waals surface area contributed by atoms with E-state index in [0.717, 1.165) is 11.1 Å². The maximum absolute atomic E-state index is 13.6. The summed E-state index contributed by atoms with van der Waals surface area (Å²) >= 11 is 12.7. The molecule has 1 aromatic heterocycles. The van der Waals surface area contributed by atoms with Crippen molar-refractivity contribution in [1.29, 1.82) is 0 Å². The van der Waals surface area contributed by atoms with Crippen LogP contribution < -0.4 is 0 Å². The molecular weight excluding hydrogens is 469 g/mol. The molecule has 0 spiro atoms. The van der Waals surface area contributed by atoms with Crippen LogP contribution in [-0.2, 0) is 6.54 Å². The highest BCUT2D eigenvalue weighted by Crippen LogP contribution is 2.45. The number of halogens is 2. The molecule has 5 rings (SSSR count). The van der Waals surface area contributed by atoms with E-state index in [1.54, 1.807) is 17.0 Å². The quantitative estimate of drug-likeness (QED) is 0.317. The van der Waals surface area contributed by atoms with Gasteiger partial charge in [-0.3, -0.25) is 9.89 Å². The minimum Gasteiger partial charge on any atom is -0.507 e. The van der Waals surface area contributed by atoms with Gasteiger partial charge in [-0.2, -0.15) is 5.10 Å². The molecule has 1 atom stereocenters. The first-order valence-corrected chi connectivity index (χ1v) is 11.8. The summed E-state index contributed by atoms with van der Waals surface area (Å²) < 4.78 is 0. The molecule has 0 saturated heterocycles. The average molecular weight is 492 g/mol. The third-order valence-corrected chi connectivity index (χ3v) is 6.90. The van der Waals surface area contributed by atoms with Crippen molar-refractivity contribution in [1.82, 2.24) is 15.1 Å². The van der Waals surface area contributed by atoms with Crippen molar-refractivity contribution in [3.8, 4) is 17.0 Å². The monoisotopic (exact) mass is 491 g/mol. The smallest absolute Gasteiger partial charge is 0.273 e. The Morgan fingerprint density at radius 2 is 1.79 bits per heavy atom. The van der Waals surface area contributed by atoms with Gasteiger partial charge >= 0.3 is 0 Å². The first kappa shape index (κ1) is 22.5. The molecule has 1 unspecified atom stereocenters. The summed E-state index contributed by atoms with van der Waals surface area (Å²) in [6.07, 6.45) is 0. The van der Waals surface area contributed by atoms with Gasteiger partial charge in [0.25, 0.3) is 5.91 Å². The number of amides is 1. The summed E-state index contributed by atoms with van der Waals surface area (Å²) in [6.45, 7) is 4.62. The van der Waals surface area contributed by atoms with Crippen molar-refractivity contribution in [2.75, 3.05) is 0 Å². The summed E-state index contributed by atoms with van der Waals surface area (Å²) in [5.74, 6) is 0.264. The van der Waals surface area contributed by atoms with E-state index in [4.69, 9.17) is 23.2 Å². The fourth-order valence-electron chi connectivity index (χ4n) is 4.48. The highest BCUT2D eigenvalue weighted by atomic mass is 35.5. The number of aromatic hydroxyl groups is 1. The Bertz CT molecular complexity index is 1380. The summed E-state index contributed by atoms with van der Waals surface area (Å²) in [6, 6.07) is 20.2. The van der Waals surface area contributed by atoms with E-state index < -0.39 is 6.04 Å². The molecule has 3 aromatic carbocycles. The zero-order valence-electron chi connectivity index (χ0n) is 18.7. The number of benzene rings is 3. The summed E-state index contributed by atoms with van der Waals surface area (Å²) in [4.78, 5) is 15.4. The molecule has 0 saturated carbocycles. The van der Waals surface area contributed by atoms with E-state index in [2.05, 4.69) is 48.3 Å². The van der Waals surface area contributed by atoms with Crippen LogP contribution in [0.5, 0.6) is 5.75 Å². The molecule has 0 fully saturated rings. The van der Waals surface area contributed by atoms with Crippen LogP contribution in [0.25, 0.3) is 11.3 Å². The number of aromatic amines is 1. The molecule has 1 aliphatic rings. The van der Waals surface area contributed by atoms with E-state index in [9.17, 15) is 9.90 Å². The van der Waals surface area contributed by atoms with Crippen LogP contribution in [0.1, 0.15) is 58.5 Å². The van der Waals surface area contributed by atoms with Gasteiger partial charge in [0.1, 0.15) is 17.1 Å².